The number of ether oxygens (including phenoxy) is 1. The molecule has 30 heavy (non-hydrogen) atoms. The van der Waals surface area contributed by atoms with Gasteiger partial charge in [-0.05, 0) is 19.3 Å². The third kappa shape index (κ3) is 23.1. The minimum Gasteiger partial charge on any atom is -0.746 e. The van der Waals surface area contributed by atoms with Crippen molar-refractivity contribution in [2.75, 3.05) is 6.61 Å². The molecule has 0 radical (unpaired) electrons. The second-order valence-electron chi connectivity index (χ2n) is 8.59. The molecule has 0 fully saturated rings. The average Bonchev–Trinajstić information content (AvgIpc) is 2.68. The van der Waals surface area contributed by atoms with Crippen LogP contribution < -0.4 is 18.9 Å². The van der Waals surface area contributed by atoms with Crippen molar-refractivity contribution in [3.8, 4) is 0 Å². The fourth-order valence-corrected chi connectivity index (χ4v) is 4.46. The van der Waals surface area contributed by atoms with Gasteiger partial charge in [0, 0.05) is 6.61 Å². The van der Waals surface area contributed by atoms with E-state index < -0.39 is 15.6 Å². The van der Waals surface area contributed by atoms with Crippen LogP contribution in [0.25, 0.3) is 0 Å². The molecule has 0 aliphatic rings. The minimum atomic E-state index is -4.35. The van der Waals surface area contributed by atoms with Gasteiger partial charge >= 0.3 is 18.9 Å². The van der Waals surface area contributed by atoms with E-state index in [2.05, 4.69) is 13.8 Å². The number of hydrogen-bond donors (Lipinski definition) is 0. The molecule has 4 nitrogen and oxygen atoms in total. The average molecular weight is 441 g/mol. The fourth-order valence-electron chi connectivity index (χ4n) is 3.74. The van der Waals surface area contributed by atoms with Gasteiger partial charge in [0.1, 0.15) is 15.6 Å². The van der Waals surface area contributed by atoms with Gasteiger partial charge in [0.05, 0.1) is 0 Å². The van der Waals surface area contributed by atoms with E-state index in [1.165, 1.54) is 77.0 Å². The summed E-state index contributed by atoms with van der Waals surface area (Å²) in [6, 6.07) is 0. The molecule has 0 N–H and O–H groups in total. The molecule has 0 aromatic rings. The number of hydrogen-bond acceptors (Lipinski definition) is 4. The summed E-state index contributed by atoms with van der Waals surface area (Å²) < 4.78 is 39.5. The van der Waals surface area contributed by atoms with Crippen molar-refractivity contribution < 1.29 is 36.6 Å². The van der Waals surface area contributed by atoms with Crippen LogP contribution >= 0.6 is 0 Å². The van der Waals surface area contributed by atoms with Gasteiger partial charge < -0.3 is 9.29 Å². The van der Waals surface area contributed by atoms with Crippen LogP contribution in [0.15, 0.2) is 0 Å². The van der Waals surface area contributed by atoms with Gasteiger partial charge in [-0.3, -0.25) is 0 Å². The first-order valence-corrected chi connectivity index (χ1v) is 14.1. The maximum absolute atomic E-state index is 11.3. The summed E-state index contributed by atoms with van der Waals surface area (Å²) >= 11 is 0. The largest absolute Gasteiger partial charge is 1.00 e. The first kappa shape index (κ1) is 32.6. The summed E-state index contributed by atoms with van der Waals surface area (Å²) in [4.78, 5) is 0. The van der Waals surface area contributed by atoms with E-state index in [0.29, 0.717) is 13.0 Å². The molecule has 0 bridgehead atoms. The Bertz CT molecular complexity index is 429. The summed E-state index contributed by atoms with van der Waals surface area (Å²) in [5.41, 5.74) is -1.15. The van der Waals surface area contributed by atoms with E-state index in [4.69, 9.17) is 4.74 Å². The number of rotatable bonds is 23. The molecule has 0 spiro atoms. The molecule has 0 saturated heterocycles. The van der Waals surface area contributed by atoms with Gasteiger partial charge in [0.15, 0.2) is 0 Å². The molecule has 0 aromatic carbocycles. The molecule has 0 aliphatic heterocycles. The third-order valence-electron chi connectivity index (χ3n) is 5.67. The predicted octanol–water partition coefficient (Wildman–Crippen LogP) is 4.72. The summed E-state index contributed by atoms with van der Waals surface area (Å²) in [6.45, 7) is 4.79. The van der Waals surface area contributed by atoms with Crippen molar-refractivity contribution in [2.24, 2.45) is 0 Å². The Morgan fingerprint density at radius 1 is 0.600 bits per heavy atom. The Labute approximate surface area is 200 Å². The van der Waals surface area contributed by atoms with Gasteiger partial charge in [-0.15, -0.1) is 0 Å². The molecule has 0 saturated carbocycles. The van der Waals surface area contributed by atoms with Crippen LogP contribution in [0, 0.1) is 0 Å². The van der Waals surface area contributed by atoms with E-state index in [1.54, 1.807) is 0 Å². The van der Waals surface area contributed by atoms with Crippen molar-refractivity contribution in [3.63, 3.8) is 0 Å². The van der Waals surface area contributed by atoms with Gasteiger partial charge in [-0.25, -0.2) is 8.42 Å². The SMILES string of the molecule is CCCCCCCCCCCCCCCCOC(CCCCCCC)S(=O)(=O)[O-].[Li+]. The Morgan fingerprint density at radius 3 is 1.30 bits per heavy atom. The molecule has 0 rings (SSSR count). The van der Waals surface area contributed by atoms with Crippen LogP contribution in [-0.2, 0) is 14.9 Å². The zero-order valence-electron chi connectivity index (χ0n) is 20.5. The van der Waals surface area contributed by atoms with Crippen LogP contribution in [-0.4, -0.2) is 25.0 Å². The van der Waals surface area contributed by atoms with Crippen LogP contribution in [0.2, 0.25) is 0 Å². The summed E-state index contributed by atoms with van der Waals surface area (Å²) in [6.07, 6.45) is 23.5. The normalized spacial score (nSPS) is 12.6. The Kier molecular flexibility index (Phi) is 26.2. The molecule has 0 heterocycles. The zero-order valence-corrected chi connectivity index (χ0v) is 21.3. The molecular weight excluding hydrogens is 391 g/mol. The Hall–Kier alpha value is 0.467. The van der Waals surface area contributed by atoms with Gasteiger partial charge in [-0.1, -0.05) is 123 Å². The maximum Gasteiger partial charge on any atom is 1.00 e. The quantitative estimate of drug-likeness (QED) is 0.131. The molecule has 1 atom stereocenters. The van der Waals surface area contributed by atoms with Crippen molar-refractivity contribution in [1.29, 1.82) is 0 Å². The fraction of sp³-hybridized carbons (Fsp3) is 1.00. The second-order valence-corrected chi connectivity index (χ2v) is 10.1. The minimum absolute atomic E-state index is 0. The van der Waals surface area contributed by atoms with Gasteiger partial charge in [0.25, 0.3) is 0 Å². The molecule has 0 aromatic heterocycles. The molecule has 6 heteroatoms. The second kappa shape index (κ2) is 24.1. The summed E-state index contributed by atoms with van der Waals surface area (Å²) in [5, 5.41) is 0. The topological polar surface area (TPSA) is 66.4 Å². The van der Waals surface area contributed by atoms with E-state index in [0.717, 1.165) is 44.9 Å². The molecule has 0 amide bonds. The summed E-state index contributed by atoms with van der Waals surface area (Å²) in [5.74, 6) is 0. The van der Waals surface area contributed by atoms with E-state index in [9.17, 15) is 13.0 Å². The molecule has 1 unspecified atom stereocenters. The Morgan fingerprint density at radius 2 is 0.933 bits per heavy atom. The van der Waals surface area contributed by atoms with E-state index in [1.807, 2.05) is 0 Å². The molecule has 0 aliphatic carbocycles. The maximum atomic E-state index is 11.3. The van der Waals surface area contributed by atoms with E-state index >= 15 is 0 Å². The van der Waals surface area contributed by atoms with Crippen LogP contribution in [0.5, 0.6) is 0 Å². The number of unbranched alkanes of at least 4 members (excludes halogenated alkanes) is 17. The van der Waals surface area contributed by atoms with Crippen LogP contribution in [0.1, 0.15) is 142 Å². The first-order chi connectivity index (χ1) is 14.0. The molecular formula is C24H49LiO4S. The molecule has 176 valence electrons. The van der Waals surface area contributed by atoms with Gasteiger partial charge in [0.2, 0.25) is 0 Å². The van der Waals surface area contributed by atoms with Gasteiger partial charge in [-0.2, -0.15) is 0 Å². The monoisotopic (exact) mass is 440 g/mol. The predicted molar refractivity (Wildman–Crippen MR) is 123 cm³/mol. The Balaban J connectivity index is 0. The van der Waals surface area contributed by atoms with Crippen LogP contribution in [0.4, 0.5) is 0 Å². The van der Waals surface area contributed by atoms with Crippen molar-refractivity contribution in [2.45, 2.75) is 148 Å². The zero-order chi connectivity index (χ0) is 21.6. The summed E-state index contributed by atoms with van der Waals surface area (Å²) in [7, 11) is -4.35. The first-order valence-electron chi connectivity index (χ1n) is 12.6. The van der Waals surface area contributed by atoms with Crippen molar-refractivity contribution in [1.82, 2.24) is 0 Å². The van der Waals surface area contributed by atoms with Crippen molar-refractivity contribution >= 4 is 10.1 Å². The van der Waals surface area contributed by atoms with E-state index in [-0.39, 0.29) is 18.9 Å². The smallest absolute Gasteiger partial charge is 0.746 e. The third-order valence-corrected chi connectivity index (χ3v) is 6.68. The standard InChI is InChI=1S/C24H50O4S.Li/c1-3-5-7-9-10-11-12-13-14-15-16-17-19-21-23-28-24(29(25,26)27)22-20-18-8-6-4-2;/h24H,3-23H2,1-2H3,(H,25,26,27);/q;+1/p-1. The van der Waals surface area contributed by atoms with Crippen LogP contribution in [0.3, 0.4) is 0 Å². The van der Waals surface area contributed by atoms with Crippen molar-refractivity contribution in [3.05, 3.63) is 0 Å².